The van der Waals surface area contributed by atoms with Gasteiger partial charge in [0.1, 0.15) is 0 Å². The Kier molecular flexibility index (Phi) is 0.361. The quantitative estimate of drug-likeness (QED) is 0.391. The highest BCUT2D eigenvalue weighted by Crippen LogP contribution is 2.27. The van der Waals surface area contributed by atoms with Gasteiger partial charge in [-0.1, -0.05) is 17.9 Å². The normalized spacial score (nSPS) is 20.6. The van der Waals surface area contributed by atoms with Crippen molar-refractivity contribution in [1.29, 1.82) is 0 Å². The highest BCUT2D eigenvalue weighted by molar-refractivity contribution is 5.61. The van der Waals surface area contributed by atoms with E-state index in [-0.39, 0.29) is 0 Å². The molecule has 0 amide bonds. The second-order valence-corrected chi connectivity index (χ2v) is 1.76. The lowest BCUT2D eigenvalue weighted by atomic mass is 9.95. The largest absolute Gasteiger partial charge is 0.0693 e. The molecule has 7 heavy (non-hydrogen) atoms. The summed E-state index contributed by atoms with van der Waals surface area (Å²) < 4.78 is 0. The highest BCUT2D eigenvalue weighted by Gasteiger charge is 2.11. The van der Waals surface area contributed by atoms with Crippen molar-refractivity contribution in [3.63, 3.8) is 0 Å². The number of hydrogen-bond acceptors (Lipinski definition) is 0. The Morgan fingerprint density at radius 1 is 1.57 bits per heavy atom. The lowest BCUT2D eigenvalue weighted by Crippen LogP contribution is -1.92. The SMILES string of the molecule is C1#CC2=CCC2=C1. The fraction of sp³-hybridized carbons (Fsp3) is 0.143. The van der Waals surface area contributed by atoms with Crippen molar-refractivity contribution in [2.75, 3.05) is 0 Å². The van der Waals surface area contributed by atoms with E-state index in [1.54, 1.807) is 0 Å². The van der Waals surface area contributed by atoms with Crippen molar-refractivity contribution < 1.29 is 0 Å². The minimum absolute atomic E-state index is 1.13. The van der Waals surface area contributed by atoms with Crippen LogP contribution < -0.4 is 0 Å². The van der Waals surface area contributed by atoms with Crippen molar-refractivity contribution in [2.45, 2.75) is 6.42 Å². The third-order valence-corrected chi connectivity index (χ3v) is 1.33. The Morgan fingerprint density at radius 2 is 2.57 bits per heavy atom. The average Bonchev–Trinajstić information content (AvgIpc) is 1.85. The molecule has 0 heteroatoms. The van der Waals surface area contributed by atoms with E-state index in [1.165, 1.54) is 11.1 Å². The van der Waals surface area contributed by atoms with E-state index in [4.69, 9.17) is 0 Å². The number of rotatable bonds is 0. The van der Waals surface area contributed by atoms with Crippen LogP contribution in [0.5, 0.6) is 0 Å². The summed E-state index contributed by atoms with van der Waals surface area (Å²) in [5.41, 5.74) is 2.67. The Balaban J connectivity index is 2.68. The zero-order chi connectivity index (χ0) is 4.69. The molecule has 0 radical (unpaired) electrons. The summed E-state index contributed by atoms with van der Waals surface area (Å²) in [5.74, 6) is 5.88. The van der Waals surface area contributed by atoms with Gasteiger partial charge in [-0.3, -0.25) is 0 Å². The van der Waals surface area contributed by atoms with E-state index in [0.717, 1.165) is 6.42 Å². The molecule has 0 aromatic heterocycles. The van der Waals surface area contributed by atoms with Crippen LogP contribution in [0.4, 0.5) is 0 Å². The van der Waals surface area contributed by atoms with Gasteiger partial charge in [-0.05, 0) is 18.1 Å². The van der Waals surface area contributed by atoms with Gasteiger partial charge in [0.15, 0.2) is 0 Å². The molecule has 0 saturated carbocycles. The van der Waals surface area contributed by atoms with Crippen molar-refractivity contribution in [1.82, 2.24) is 0 Å². The lowest BCUT2D eigenvalue weighted by molar-refractivity contribution is 1.16. The molecule has 0 saturated heterocycles. The number of fused-ring (bicyclic) bond motifs is 1. The maximum absolute atomic E-state index is 2.97. The van der Waals surface area contributed by atoms with Gasteiger partial charge >= 0.3 is 0 Å². The molecular weight excluding hydrogens is 84.1 g/mol. The van der Waals surface area contributed by atoms with Crippen molar-refractivity contribution in [3.8, 4) is 11.8 Å². The zero-order valence-corrected chi connectivity index (χ0v) is 3.86. The van der Waals surface area contributed by atoms with E-state index in [9.17, 15) is 0 Å². The van der Waals surface area contributed by atoms with Gasteiger partial charge in [-0.15, -0.1) is 0 Å². The molecule has 32 valence electrons. The van der Waals surface area contributed by atoms with E-state index < -0.39 is 0 Å². The molecule has 0 aromatic rings. The van der Waals surface area contributed by atoms with Crippen LogP contribution in [0, 0.1) is 11.8 Å². The van der Waals surface area contributed by atoms with Gasteiger partial charge in [0.2, 0.25) is 0 Å². The summed E-state index contributed by atoms with van der Waals surface area (Å²) in [5, 5.41) is 0. The Hall–Kier alpha value is -0.960. The first-order chi connectivity index (χ1) is 3.47. The van der Waals surface area contributed by atoms with Gasteiger partial charge in [0.25, 0.3) is 0 Å². The van der Waals surface area contributed by atoms with E-state index in [2.05, 4.69) is 17.9 Å². The molecule has 0 fully saturated rings. The molecule has 0 aliphatic heterocycles. The fourth-order valence-electron chi connectivity index (χ4n) is 0.791. The van der Waals surface area contributed by atoms with Gasteiger partial charge in [-0.25, -0.2) is 0 Å². The predicted molar refractivity (Wildman–Crippen MR) is 28.6 cm³/mol. The molecule has 2 aliphatic carbocycles. The maximum atomic E-state index is 2.97. The fourth-order valence-corrected chi connectivity index (χ4v) is 0.791. The van der Waals surface area contributed by atoms with E-state index in [0.29, 0.717) is 0 Å². The molecule has 0 aromatic carbocycles. The van der Waals surface area contributed by atoms with Gasteiger partial charge in [0.05, 0.1) is 0 Å². The van der Waals surface area contributed by atoms with Gasteiger partial charge in [0, 0.05) is 5.57 Å². The first kappa shape index (κ1) is 3.10. The van der Waals surface area contributed by atoms with Crippen LogP contribution in [0.1, 0.15) is 6.42 Å². The second-order valence-electron chi connectivity index (χ2n) is 1.76. The lowest BCUT2D eigenvalue weighted by Gasteiger charge is -2.07. The summed E-state index contributed by atoms with van der Waals surface area (Å²) in [6.45, 7) is 0. The zero-order valence-electron chi connectivity index (χ0n) is 3.86. The minimum Gasteiger partial charge on any atom is -0.0693 e. The Morgan fingerprint density at radius 3 is 2.86 bits per heavy atom. The van der Waals surface area contributed by atoms with E-state index >= 15 is 0 Å². The van der Waals surface area contributed by atoms with Crippen LogP contribution in [0.3, 0.4) is 0 Å². The standard InChI is InChI=1S/C7H4/c1-2-6-4-5-7(6)3-1/h2,5H,4H2. The topological polar surface area (TPSA) is 0 Å². The van der Waals surface area contributed by atoms with Crippen LogP contribution in [-0.4, -0.2) is 0 Å². The Labute approximate surface area is 42.5 Å². The van der Waals surface area contributed by atoms with Crippen LogP contribution in [0.25, 0.3) is 0 Å². The first-order valence-corrected chi connectivity index (χ1v) is 2.38. The van der Waals surface area contributed by atoms with Crippen molar-refractivity contribution >= 4 is 0 Å². The molecule has 0 nitrogen and oxygen atoms in total. The van der Waals surface area contributed by atoms with Gasteiger partial charge in [-0.2, -0.15) is 0 Å². The third-order valence-electron chi connectivity index (χ3n) is 1.33. The summed E-state index contributed by atoms with van der Waals surface area (Å²) in [6, 6.07) is 0. The molecule has 2 rings (SSSR count). The molecule has 0 unspecified atom stereocenters. The van der Waals surface area contributed by atoms with Crippen LogP contribution in [0.2, 0.25) is 0 Å². The summed E-state index contributed by atoms with van der Waals surface area (Å²) in [7, 11) is 0. The smallest absolute Gasteiger partial charge is 0.0253 e. The summed E-state index contributed by atoms with van der Waals surface area (Å²) >= 11 is 0. The summed E-state index contributed by atoms with van der Waals surface area (Å²) in [6.07, 6.45) is 5.29. The molecule has 0 bridgehead atoms. The molecule has 0 atom stereocenters. The highest BCUT2D eigenvalue weighted by atomic mass is 14.1. The summed E-state index contributed by atoms with van der Waals surface area (Å²) in [4.78, 5) is 0. The molecular formula is C7H4. The Bertz CT molecular complexity index is 218. The van der Waals surface area contributed by atoms with Crippen LogP contribution in [-0.2, 0) is 0 Å². The molecule has 0 heterocycles. The molecule has 0 spiro atoms. The van der Waals surface area contributed by atoms with Crippen molar-refractivity contribution in [2.24, 2.45) is 0 Å². The van der Waals surface area contributed by atoms with E-state index in [1.807, 2.05) is 6.08 Å². The minimum atomic E-state index is 1.13. The second kappa shape index (κ2) is 0.816. The monoisotopic (exact) mass is 88.0 g/mol. The van der Waals surface area contributed by atoms with Crippen LogP contribution in [0.15, 0.2) is 23.3 Å². The molecule has 2 aliphatic rings. The third kappa shape index (κ3) is 0.236. The molecule has 0 N–H and O–H groups in total. The number of hydrogen-bond donors (Lipinski definition) is 0. The van der Waals surface area contributed by atoms with Gasteiger partial charge < -0.3 is 0 Å². The van der Waals surface area contributed by atoms with Crippen molar-refractivity contribution in [3.05, 3.63) is 23.3 Å². The first-order valence-electron chi connectivity index (χ1n) is 2.38. The predicted octanol–water partition coefficient (Wildman–Crippen LogP) is 1.26. The average molecular weight is 88.1 g/mol. The maximum Gasteiger partial charge on any atom is 0.0253 e. The van der Waals surface area contributed by atoms with Crippen LogP contribution >= 0.6 is 0 Å². The number of allylic oxidation sites excluding steroid dienone is 4.